The summed E-state index contributed by atoms with van der Waals surface area (Å²) < 4.78 is 10.7. The van der Waals surface area contributed by atoms with E-state index >= 15 is 0 Å². The van der Waals surface area contributed by atoms with Gasteiger partial charge in [-0.1, -0.05) is 140 Å². The second kappa shape index (κ2) is 16.5. The predicted octanol–water partition coefficient (Wildman–Crippen LogP) is 5.86. The van der Waals surface area contributed by atoms with Gasteiger partial charge in [-0.2, -0.15) is 0 Å². The Morgan fingerprint density at radius 1 is 0.635 bits per heavy atom. The molecule has 5 aromatic carbocycles. The van der Waals surface area contributed by atoms with Gasteiger partial charge in [-0.25, -0.2) is 9.59 Å². The molecule has 0 heterocycles. The van der Waals surface area contributed by atoms with Gasteiger partial charge in [0.15, 0.2) is 0 Å². The topological polar surface area (TPSA) is 135 Å². The average molecular weight is 697 g/mol. The minimum atomic E-state index is -1.32. The maximum Gasteiger partial charge on any atom is 0.407 e. The fourth-order valence-corrected chi connectivity index (χ4v) is 6.73. The molecule has 0 radical (unpaired) electrons. The Hall–Kier alpha value is -6.42. The first-order valence-electron chi connectivity index (χ1n) is 17.1. The minimum Gasteiger partial charge on any atom is -0.449 e. The standard InChI is InChI=1S/C42H40N4O6/c1-43-40(49)51-26-25-44-39(48)37(45-41(50)52-28-36-34-23-13-11-21-32(34)33-22-12-14-24-35(33)36)27-38(47)46-42(29-15-5-2-6-16-29,30-17-7-3-8-18-30)31-19-9-4-10-20-31/h2-24,36-37H,25-28H2,1H3,(H,43,49)(H,44,48)(H,45,50)(H,46,47). The van der Waals surface area contributed by atoms with Crippen molar-refractivity contribution in [2.45, 2.75) is 23.9 Å². The van der Waals surface area contributed by atoms with Crippen molar-refractivity contribution in [3.05, 3.63) is 167 Å². The second-order valence-electron chi connectivity index (χ2n) is 12.3. The Bertz CT molecular complexity index is 1860. The van der Waals surface area contributed by atoms with Crippen molar-refractivity contribution in [1.82, 2.24) is 21.3 Å². The minimum absolute atomic E-state index is 0.0273. The number of ether oxygens (including phenoxy) is 2. The van der Waals surface area contributed by atoms with Crippen molar-refractivity contribution in [2.75, 3.05) is 26.8 Å². The van der Waals surface area contributed by atoms with Crippen LogP contribution in [0.3, 0.4) is 0 Å². The van der Waals surface area contributed by atoms with Gasteiger partial charge in [0.2, 0.25) is 11.8 Å². The van der Waals surface area contributed by atoms with Crippen LogP contribution in [0.2, 0.25) is 0 Å². The van der Waals surface area contributed by atoms with Gasteiger partial charge in [-0.05, 0) is 38.9 Å². The average Bonchev–Trinajstić information content (AvgIpc) is 3.51. The third-order valence-electron chi connectivity index (χ3n) is 9.13. The van der Waals surface area contributed by atoms with Crippen molar-refractivity contribution in [1.29, 1.82) is 0 Å². The van der Waals surface area contributed by atoms with Crippen LogP contribution in [0.5, 0.6) is 0 Å². The molecule has 0 spiro atoms. The molecule has 0 saturated carbocycles. The highest BCUT2D eigenvalue weighted by Crippen LogP contribution is 2.44. The normalized spacial score (nSPS) is 12.4. The van der Waals surface area contributed by atoms with Gasteiger partial charge in [0.05, 0.1) is 13.0 Å². The SMILES string of the molecule is CNC(=O)OCCNC(=O)C(CC(=O)NC(c1ccccc1)(c1ccccc1)c1ccccc1)NC(=O)OCC1c2ccccc2-c2ccccc21. The molecule has 0 fully saturated rings. The molecule has 52 heavy (non-hydrogen) atoms. The monoisotopic (exact) mass is 696 g/mol. The Labute approximate surface area is 302 Å². The van der Waals surface area contributed by atoms with E-state index in [0.29, 0.717) is 0 Å². The van der Waals surface area contributed by atoms with Crippen molar-refractivity contribution >= 4 is 24.0 Å². The highest BCUT2D eigenvalue weighted by Gasteiger charge is 2.39. The lowest BCUT2D eigenvalue weighted by Gasteiger charge is -2.37. The van der Waals surface area contributed by atoms with E-state index in [-0.39, 0.29) is 25.7 Å². The van der Waals surface area contributed by atoms with E-state index in [1.54, 1.807) is 0 Å². The molecular formula is C42H40N4O6. The lowest BCUT2D eigenvalue weighted by atomic mass is 9.77. The molecule has 10 heteroatoms. The van der Waals surface area contributed by atoms with Gasteiger partial charge in [0, 0.05) is 13.0 Å². The van der Waals surface area contributed by atoms with Gasteiger partial charge in [-0.3, -0.25) is 9.59 Å². The summed E-state index contributed by atoms with van der Waals surface area (Å²) in [5.41, 5.74) is 5.53. The first kappa shape index (κ1) is 35.4. The van der Waals surface area contributed by atoms with Crippen LogP contribution in [0.4, 0.5) is 9.59 Å². The largest absolute Gasteiger partial charge is 0.449 e. The first-order chi connectivity index (χ1) is 25.4. The summed E-state index contributed by atoms with van der Waals surface area (Å²) in [5.74, 6) is -1.34. The summed E-state index contributed by atoms with van der Waals surface area (Å²) >= 11 is 0. The first-order valence-corrected chi connectivity index (χ1v) is 17.1. The van der Waals surface area contributed by atoms with Gasteiger partial charge >= 0.3 is 12.2 Å². The van der Waals surface area contributed by atoms with Gasteiger partial charge in [0.1, 0.15) is 24.8 Å². The molecule has 10 nitrogen and oxygen atoms in total. The molecule has 0 aliphatic heterocycles. The molecule has 4 amide bonds. The van der Waals surface area contributed by atoms with Crippen molar-refractivity contribution in [3.8, 4) is 11.1 Å². The number of alkyl carbamates (subject to hydrolysis) is 2. The fraction of sp³-hybridized carbons (Fsp3) is 0.190. The molecule has 1 aliphatic rings. The number of carbonyl (C=O) groups is 4. The molecular weight excluding hydrogens is 656 g/mol. The van der Waals surface area contributed by atoms with Crippen molar-refractivity contribution in [2.24, 2.45) is 0 Å². The summed E-state index contributed by atoms with van der Waals surface area (Å²) in [5, 5.41) is 10.9. The molecule has 1 unspecified atom stereocenters. The summed E-state index contributed by atoms with van der Waals surface area (Å²) in [6.45, 7) is -0.132. The fourth-order valence-electron chi connectivity index (χ4n) is 6.73. The molecule has 6 rings (SSSR count). The number of carbonyl (C=O) groups excluding carboxylic acids is 4. The molecule has 1 atom stereocenters. The van der Waals surface area contributed by atoms with E-state index in [2.05, 4.69) is 21.3 Å². The Morgan fingerprint density at radius 2 is 1.12 bits per heavy atom. The zero-order valence-electron chi connectivity index (χ0n) is 28.7. The van der Waals surface area contributed by atoms with Crippen LogP contribution in [0.1, 0.15) is 40.2 Å². The van der Waals surface area contributed by atoms with E-state index < -0.39 is 42.0 Å². The maximum absolute atomic E-state index is 14.2. The van der Waals surface area contributed by atoms with Crippen LogP contribution in [-0.2, 0) is 24.6 Å². The van der Waals surface area contributed by atoms with E-state index in [0.717, 1.165) is 38.9 Å². The Morgan fingerprint density at radius 3 is 1.62 bits per heavy atom. The van der Waals surface area contributed by atoms with E-state index in [4.69, 9.17) is 9.47 Å². The number of fused-ring (bicyclic) bond motifs is 3. The smallest absolute Gasteiger partial charge is 0.407 e. The molecule has 5 aromatic rings. The third kappa shape index (κ3) is 7.81. The molecule has 264 valence electrons. The lowest BCUT2D eigenvalue weighted by molar-refractivity contribution is -0.129. The highest BCUT2D eigenvalue weighted by atomic mass is 16.6. The second-order valence-corrected chi connectivity index (χ2v) is 12.3. The third-order valence-corrected chi connectivity index (χ3v) is 9.13. The van der Waals surface area contributed by atoms with Crippen LogP contribution in [0.15, 0.2) is 140 Å². The Kier molecular flexibility index (Phi) is 11.3. The van der Waals surface area contributed by atoms with Crippen LogP contribution in [0.25, 0.3) is 11.1 Å². The van der Waals surface area contributed by atoms with Gasteiger partial charge in [-0.15, -0.1) is 0 Å². The quantitative estimate of drug-likeness (QED) is 0.0900. The van der Waals surface area contributed by atoms with Crippen molar-refractivity contribution in [3.63, 3.8) is 0 Å². The highest BCUT2D eigenvalue weighted by molar-refractivity contribution is 5.91. The van der Waals surface area contributed by atoms with Crippen LogP contribution in [0, 0.1) is 0 Å². The summed E-state index contributed by atoms with van der Waals surface area (Å²) in [6, 6.07) is 43.4. The molecule has 4 N–H and O–H groups in total. The number of hydrogen-bond acceptors (Lipinski definition) is 6. The zero-order valence-corrected chi connectivity index (χ0v) is 28.7. The van der Waals surface area contributed by atoms with Crippen LogP contribution in [-0.4, -0.2) is 56.8 Å². The number of benzene rings is 5. The number of rotatable bonds is 13. The number of amides is 4. The Balaban J connectivity index is 1.24. The molecule has 1 aliphatic carbocycles. The zero-order chi connectivity index (χ0) is 36.3. The van der Waals surface area contributed by atoms with E-state index in [1.807, 2.05) is 140 Å². The van der Waals surface area contributed by atoms with Gasteiger partial charge < -0.3 is 30.7 Å². The lowest BCUT2D eigenvalue weighted by Crippen LogP contribution is -2.53. The van der Waals surface area contributed by atoms with Crippen LogP contribution < -0.4 is 21.3 Å². The van der Waals surface area contributed by atoms with Crippen molar-refractivity contribution < 1.29 is 28.7 Å². The maximum atomic E-state index is 14.2. The summed E-state index contributed by atoms with van der Waals surface area (Å²) in [6.07, 6.45) is -1.92. The number of nitrogens with one attached hydrogen (secondary N) is 4. The summed E-state index contributed by atoms with van der Waals surface area (Å²) in [4.78, 5) is 52.7. The predicted molar refractivity (Wildman–Crippen MR) is 197 cm³/mol. The summed E-state index contributed by atoms with van der Waals surface area (Å²) in [7, 11) is 1.42. The number of hydrogen-bond donors (Lipinski definition) is 4. The molecule has 0 bridgehead atoms. The van der Waals surface area contributed by atoms with Gasteiger partial charge in [0.25, 0.3) is 0 Å². The molecule has 0 aromatic heterocycles. The molecule has 0 saturated heterocycles. The van der Waals surface area contributed by atoms with E-state index in [9.17, 15) is 19.2 Å². The van der Waals surface area contributed by atoms with E-state index in [1.165, 1.54) is 7.05 Å². The van der Waals surface area contributed by atoms with Crippen LogP contribution >= 0.6 is 0 Å².